The van der Waals surface area contributed by atoms with Crippen LogP contribution >= 0.6 is 27.3 Å². The van der Waals surface area contributed by atoms with Crippen LogP contribution in [0.1, 0.15) is 35.2 Å². The topological polar surface area (TPSA) is 76.4 Å². The summed E-state index contributed by atoms with van der Waals surface area (Å²) < 4.78 is 8.65. The number of aromatic amines is 1. The van der Waals surface area contributed by atoms with Crippen LogP contribution in [0.15, 0.2) is 98.8 Å². The Morgan fingerprint density at radius 2 is 1.90 bits per heavy atom. The lowest BCUT2D eigenvalue weighted by molar-refractivity contribution is -0.138. The van der Waals surface area contributed by atoms with Crippen LogP contribution in [0.5, 0.6) is 0 Å². The summed E-state index contributed by atoms with van der Waals surface area (Å²) in [6.45, 7) is 3.99. The van der Waals surface area contributed by atoms with Crippen LogP contribution in [0.3, 0.4) is 0 Å². The van der Waals surface area contributed by atoms with Crippen molar-refractivity contribution in [3.05, 3.63) is 131 Å². The first-order chi connectivity index (χ1) is 18.9. The number of benzene rings is 3. The number of carbonyl (C=O) groups excluding carboxylic acids is 1. The number of esters is 1. The molecular weight excluding hydrogens is 574 g/mol. The van der Waals surface area contributed by atoms with Gasteiger partial charge in [-0.3, -0.25) is 9.36 Å². The van der Waals surface area contributed by atoms with Crippen LogP contribution in [-0.2, 0) is 9.53 Å². The van der Waals surface area contributed by atoms with Gasteiger partial charge >= 0.3 is 5.97 Å². The summed E-state index contributed by atoms with van der Waals surface area (Å²) in [4.78, 5) is 36.3. The monoisotopic (exact) mass is 597 g/mol. The molecule has 0 fully saturated rings. The molecule has 0 bridgehead atoms. The maximum atomic E-state index is 14.1. The molecule has 194 valence electrons. The number of nitrogens with zero attached hydrogens (tertiary/aromatic N) is 2. The number of hydrogen-bond donors (Lipinski definition) is 1. The number of thiazole rings is 1. The minimum atomic E-state index is -0.685. The van der Waals surface area contributed by atoms with E-state index in [1.165, 1.54) is 11.3 Å². The molecule has 1 aliphatic rings. The van der Waals surface area contributed by atoms with E-state index in [0.717, 1.165) is 37.6 Å². The lowest BCUT2D eigenvalue weighted by Gasteiger charge is -2.26. The number of ether oxygens (including phenoxy) is 1. The Kier molecular flexibility index (Phi) is 6.66. The van der Waals surface area contributed by atoms with Crippen molar-refractivity contribution in [1.29, 1.82) is 0 Å². The van der Waals surface area contributed by atoms with Crippen molar-refractivity contribution in [3.63, 3.8) is 0 Å². The molecule has 1 unspecified atom stereocenters. The van der Waals surface area contributed by atoms with Gasteiger partial charge in [0.2, 0.25) is 0 Å². The summed E-state index contributed by atoms with van der Waals surface area (Å²) in [5, 5.41) is 1.00. The first kappa shape index (κ1) is 25.3. The predicted molar refractivity (Wildman–Crippen MR) is 158 cm³/mol. The molecule has 0 spiro atoms. The number of halogens is 1. The van der Waals surface area contributed by atoms with Gasteiger partial charge in [-0.25, -0.2) is 9.79 Å². The van der Waals surface area contributed by atoms with Crippen molar-refractivity contribution in [3.8, 4) is 0 Å². The summed E-state index contributed by atoms with van der Waals surface area (Å²) in [7, 11) is 0. The molecule has 0 saturated heterocycles. The highest BCUT2D eigenvalue weighted by Crippen LogP contribution is 2.35. The van der Waals surface area contributed by atoms with E-state index in [-0.39, 0.29) is 12.2 Å². The number of aryl methyl sites for hydroxylation is 1. The summed E-state index contributed by atoms with van der Waals surface area (Å²) in [6.07, 6.45) is 3.78. The molecule has 39 heavy (non-hydrogen) atoms. The fourth-order valence-corrected chi connectivity index (χ4v) is 6.23. The highest BCUT2D eigenvalue weighted by molar-refractivity contribution is 9.10. The predicted octanol–water partition coefficient (Wildman–Crippen LogP) is 5.49. The molecule has 1 aliphatic heterocycles. The summed E-state index contributed by atoms with van der Waals surface area (Å²) in [6, 6.07) is 22.8. The molecule has 6 nitrogen and oxygen atoms in total. The van der Waals surface area contributed by atoms with Crippen LogP contribution in [-0.4, -0.2) is 22.1 Å². The van der Waals surface area contributed by atoms with Gasteiger partial charge in [0, 0.05) is 32.7 Å². The zero-order valence-electron chi connectivity index (χ0n) is 21.3. The normalized spacial score (nSPS) is 15.4. The first-order valence-electron chi connectivity index (χ1n) is 12.6. The Morgan fingerprint density at radius 3 is 2.64 bits per heavy atom. The summed E-state index contributed by atoms with van der Waals surface area (Å²) >= 11 is 4.86. The highest BCUT2D eigenvalue weighted by Gasteiger charge is 2.35. The van der Waals surface area contributed by atoms with Crippen molar-refractivity contribution in [2.45, 2.75) is 19.9 Å². The molecule has 0 aliphatic carbocycles. The molecule has 1 N–H and O–H groups in total. The summed E-state index contributed by atoms with van der Waals surface area (Å²) in [5.41, 5.74) is 5.23. The van der Waals surface area contributed by atoms with Crippen molar-refractivity contribution < 1.29 is 9.53 Å². The van der Waals surface area contributed by atoms with Gasteiger partial charge in [0.25, 0.3) is 5.56 Å². The van der Waals surface area contributed by atoms with E-state index >= 15 is 0 Å². The Balaban J connectivity index is 1.65. The molecule has 2 aromatic heterocycles. The van der Waals surface area contributed by atoms with Crippen LogP contribution in [0.2, 0.25) is 0 Å². The van der Waals surface area contributed by atoms with Gasteiger partial charge in [0.05, 0.1) is 28.5 Å². The van der Waals surface area contributed by atoms with E-state index in [2.05, 4.69) is 20.9 Å². The van der Waals surface area contributed by atoms with Crippen molar-refractivity contribution in [2.75, 3.05) is 6.61 Å². The van der Waals surface area contributed by atoms with E-state index in [0.29, 0.717) is 20.6 Å². The number of H-pyrrole nitrogens is 1. The van der Waals surface area contributed by atoms with E-state index in [9.17, 15) is 9.59 Å². The van der Waals surface area contributed by atoms with Crippen molar-refractivity contribution in [1.82, 2.24) is 9.55 Å². The second kappa shape index (κ2) is 10.3. The smallest absolute Gasteiger partial charge is 0.338 e. The molecular formula is C31H24BrN3O3S. The Morgan fingerprint density at radius 1 is 1.13 bits per heavy atom. The first-order valence-corrected chi connectivity index (χ1v) is 14.2. The number of hydrogen-bond acceptors (Lipinski definition) is 5. The number of aromatic nitrogens is 2. The number of nitrogens with one attached hydrogen (secondary N) is 1. The van der Waals surface area contributed by atoms with Crippen LogP contribution < -0.4 is 14.9 Å². The fraction of sp³-hybridized carbons (Fsp3) is 0.129. The van der Waals surface area contributed by atoms with Gasteiger partial charge in [-0.15, -0.1) is 0 Å². The second-order valence-electron chi connectivity index (χ2n) is 9.28. The van der Waals surface area contributed by atoms with Gasteiger partial charge < -0.3 is 9.72 Å². The molecule has 5 aromatic rings. The minimum Gasteiger partial charge on any atom is -0.463 e. The molecule has 8 heteroatoms. The number of rotatable bonds is 5. The van der Waals surface area contributed by atoms with Crippen molar-refractivity contribution >= 4 is 55.9 Å². The molecule has 0 amide bonds. The molecule has 0 radical (unpaired) electrons. The van der Waals surface area contributed by atoms with E-state index in [4.69, 9.17) is 9.73 Å². The van der Waals surface area contributed by atoms with E-state index in [1.54, 1.807) is 11.5 Å². The average molecular weight is 599 g/mol. The third kappa shape index (κ3) is 4.60. The number of fused-ring (bicyclic) bond motifs is 2. The minimum absolute atomic E-state index is 0.206. The Hall–Kier alpha value is -4.01. The SMILES string of the molecule is CCOC(=O)C1=C(c2ccccc2)N=c2sc(=Cc3c[nH]c4ccc(Br)cc34)c(=O)n2C1c1ccc(C)cc1. The fourth-order valence-electron chi connectivity index (χ4n) is 4.88. The zero-order chi connectivity index (χ0) is 27.1. The maximum absolute atomic E-state index is 14.1. The average Bonchev–Trinajstić information content (AvgIpc) is 3.48. The molecule has 1 atom stereocenters. The molecule has 3 heterocycles. The lowest BCUT2D eigenvalue weighted by Crippen LogP contribution is -2.40. The van der Waals surface area contributed by atoms with Crippen LogP contribution in [0.25, 0.3) is 22.7 Å². The Bertz CT molecular complexity index is 1930. The lowest BCUT2D eigenvalue weighted by atomic mass is 9.92. The quantitative estimate of drug-likeness (QED) is 0.272. The third-order valence-electron chi connectivity index (χ3n) is 6.73. The van der Waals surface area contributed by atoms with Crippen LogP contribution in [0, 0.1) is 6.92 Å². The van der Waals surface area contributed by atoms with Gasteiger partial charge in [-0.05, 0) is 43.7 Å². The van der Waals surface area contributed by atoms with E-state index in [1.807, 2.05) is 92.0 Å². The second-order valence-corrected chi connectivity index (χ2v) is 11.2. The molecule has 3 aromatic carbocycles. The molecule has 6 rings (SSSR count). The largest absolute Gasteiger partial charge is 0.463 e. The van der Waals surface area contributed by atoms with Crippen molar-refractivity contribution in [2.24, 2.45) is 4.99 Å². The zero-order valence-corrected chi connectivity index (χ0v) is 23.7. The van der Waals surface area contributed by atoms with Crippen LogP contribution in [0.4, 0.5) is 0 Å². The highest BCUT2D eigenvalue weighted by atomic mass is 79.9. The van der Waals surface area contributed by atoms with E-state index < -0.39 is 12.0 Å². The van der Waals surface area contributed by atoms with Gasteiger partial charge in [0.15, 0.2) is 4.80 Å². The Labute approximate surface area is 236 Å². The molecule has 0 saturated carbocycles. The maximum Gasteiger partial charge on any atom is 0.338 e. The third-order valence-corrected chi connectivity index (χ3v) is 8.21. The summed E-state index contributed by atoms with van der Waals surface area (Å²) in [5.74, 6) is -0.485. The van der Waals surface area contributed by atoms with Gasteiger partial charge in [0.1, 0.15) is 0 Å². The van der Waals surface area contributed by atoms with Gasteiger partial charge in [-0.1, -0.05) is 87.4 Å². The van der Waals surface area contributed by atoms with Gasteiger partial charge in [-0.2, -0.15) is 0 Å². The number of carbonyl (C=O) groups is 1. The standard InChI is InChI=1S/C31H24BrN3O3S/c1-3-38-30(37)26-27(19-7-5-4-6-8-19)34-31-35(28(26)20-11-9-18(2)10-12-20)29(36)25(39-31)15-21-17-33-24-14-13-22(32)16-23(21)24/h4-17,28,33H,3H2,1-2H3.